The van der Waals surface area contributed by atoms with E-state index in [1.165, 1.54) is 0 Å². The van der Waals surface area contributed by atoms with E-state index in [4.69, 9.17) is 16.3 Å². The fourth-order valence-electron chi connectivity index (χ4n) is 3.89. The number of nitrogens with zero attached hydrogens (tertiary/aromatic N) is 3. The lowest BCUT2D eigenvalue weighted by Crippen LogP contribution is -2.58. The maximum absolute atomic E-state index is 13.0. The number of likely N-dealkylation sites (tertiary alicyclic amines) is 1. The number of benzene rings is 1. The molecule has 0 bridgehead atoms. The Labute approximate surface area is 174 Å². The zero-order valence-corrected chi connectivity index (χ0v) is 17.3. The number of imidazole rings is 1. The van der Waals surface area contributed by atoms with Crippen molar-refractivity contribution in [2.24, 2.45) is 0 Å². The van der Waals surface area contributed by atoms with Crippen LogP contribution in [0.25, 0.3) is 5.65 Å². The van der Waals surface area contributed by atoms with Crippen LogP contribution < -0.4 is 4.74 Å². The predicted molar refractivity (Wildman–Crippen MR) is 111 cm³/mol. The quantitative estimate of drug-likeness (QED) is 0.712. The summed E-state index contributed by atoms with van der Waals surface area (Å²) < 4.78 is 7.92. The highest BCUT2D eigenvalue weighted by Crippen LogP contribution is 2.28. The largest absolute Gasteiger partial charge is 0.487 e. The van der Waals surface area contributed by atoms with Gasteiger partial charge in [-0.15, -0.1) is 0 Å². The minimum atomic E-state index is -1.16. The second-order valence-electron chi connectivity index (χ2n) is 7.77. The third-order valence-corrected chi connectivity index (χ3v) is 5.68. The third kappa shape index (κ3) is 4.09. The zero-order chi connectivity index (χ0) is 20.6. The molecule has 3 aromatic rings. The number of halogens is 1. The number of ether oxygens (including phenoxy) is 1. The van der Waals surface area contributed by atoms with Crippen molar-refractivity contribution in [2.75, 3.05) is 13.1 Å². The van der Waals surface area contributed by atoms with Crippen LogP contribution in [0.5, 0.6) is 5.75 Å². The van der Waals surface area contributed by atoms with Crippen LogP contribution in [0.4, 0.5) is 0 Å². The summed E-state index contributed by atoms with van der Waals surface area (Å²) in [5.74, 6) is 0.587. The highest BCUT2D eigenvalue weighted by Gasteiger charge is 2.41. The van der Waals surface area contributed by atoms with Crippen LogP contribution in [0.1, 0.15) is 24.7 Å². The SMILES string of the molecule is Cc1nc2ccccn2c1CC(=O)N1CC[C@H](Oc2cccc(Cl)c2)[C@@](C)(O)C1. The molecule has 6 nitrogen and oxygen atoms in total. The van der Waals surface area contributed by atoms with Crippen LogP contribution in [0.2, 0.25) is 5.02 Å². The highest BCUT2D eigenvalue weighted by atomic mass is 35.5. The Hall–Kier alpha value is -2.57. The lowest BCUT2D eigenvalue weighted by Gasteiger charge is -2.42. The number of fused-ring (bicyclic) bond motifs is 1. The second-order valence-corrected chi connectivity index (χ2v) is 8.21. The monoisotopic (exact) mass is 413 g/mol. The Kier molecular flexibility index (Phi) is 5.23. The van der Waals surface area contributed by atoms with Crippen molar-refractivity contribution in [3.05, 3.63) is 65.1 Å². The second kappa shape index (κ2) is 7.69. The number of β-amino-alcohol motifs (C(OH)–C–C–N with tert-alkyl or cyclic N) is 1. The number of hydrogen-bond donors (Lipinski definition) is 1. The first-order chi connectivity index (χ1) is 13.8. The topological polar surface area (TPSA) is 67.1 Å². The Balaban J connectivity index is 1.45. The van der Waals surface area contributed by atoms with Gasteiger partial charge in [-0.1, -0.05) is 23.7 Å². The summed E-state index contributed by atoms with van der Waals surface area (Å²) in [7, 11) is 0. The molecule has 0 radical (unpaired) electrons. The standard InChI is InChI=1S/C22H24ClN3O3/c1-15-18(26-10-4-3-8-20(26)24-15)13-21(27)25-11-9-19(22(2,28)14-25)29-17-7-5-6-16(23)12-17/h3-8,10,12,19,28H,9,11,13-14H2,1-2H3/t19-,22-/m0/s1. The van der Waals surface area contributed by atoms with Gasteiger partial charge in [0.2, 0.25) is 5.91 Å². The van der Waals surface area contributed by atoms with Crippen molar-refractivity contribution >= 4 is 23.2 Å². The Bertz CT molecular complexity index is 1050. The van der Waals surface area contributed by atoms with Gasteiger partial charge in [0.1, 0.15) is 23.1 Å². The van der Waals surface area contributed by atoms with Gasteiger partial charge in [0.05, 0.1) is 24.4 Å². The van der Waals surface area contributed by atoms with Gasteiger partial charge in [-0.3, -0.25) is 4.79 Å². The van der Waals surface area contributed by atoms with E-state index in [0.29, 0.717) is 23.7 Å². The summed E-state index contributed by atoms with van der Waals surface area (Å²) in [6, 6.07) is 12.9. The number of amides is 1. The summed E-state index contributed by atoms with van der Waals surface area (Å²) in [5, 5.41) is 11.5. The van der Waals surface area contributed by atoms with Gasteiger partial charge in [0, 0.05) is 24.2 Å². The number of carbonyl (C=O) groups is 1. The highest BCUT2D eigenvalue weighted by molar-refractivity contribution is 6.30. The molecule has 7 heteroatoms. The van der Waals surface area contributed by atoms with Crippen molar-refractivity contribution in [1.82, 2.24) is 14.3 Å². The normalized spacial score (nSPS) is 22.1. The van der Waals surface area contributed by atoms with Crippen molar-refractivity contribution in [3.8, 4) is 5.75 Å². The predicted octanol–water partition coefficient (Wildman–Crippen LogP) is 3.27. The number of aliphatic hydroxyl groups is 1. The van der Waals surface area contributed by atoms with E-state index in [9.17, 15) is 9.90 Å². The van der Waals surface area contributed by atoms with Crippen LogP contribution in [-0.2, 0) is 11.2 Å². The van der Waals surface area contributed by atoms with E-state index in [1.807, 2.05) is 47.9 Å². The van der Waals surface area contributed by atoms with Crippen LogP contribution in [-0.4, -0.2) is 50.1 Å². The minimum Gasteiger partial charge on any atom is -0.487 e. The zero-order valence-electron chi connectivity index (χ0n) is 16.5. The van der Waals surface area contributed by atoms with Crippen LogP contribution in [0, 0.1) is 6.92 Å². The molecule has 1 aliphatic heterocycles. The van der Waals surface area contributed by atoms with E-state index in [-0.39, 0.29) is 18.9 Å². The van der Waals surface area contributed by atoms with Gasteiger partial charge >= 0.3 is 0 Å². The number of hydrogen-bond acceptors (Lipinski definition) is 4. The molecule has 0 aliphatic carbocycles. The molecule has 1 saturated heterocycles. The Morgan fingerprint density at radius 3 is 2.93 bits per heavy atom. The average Bonchev–Trinajstić information content (AvgIpc) is 2.98. The molecule has 2 aromatic heterocycles. The Morgan fingerprint density at radius 1 is 1.34 bits per heavy atom. The molecule has 152 valence electrons. The van der Waals surface area contributed by atoms with E-state index in [1.54, 1.807) is 24.0 Å². The molecule has 1 amide bonds. The number of aryl methyl sites for hydroxylation is 1. The number of piperidine rings is 1. The van der Waals surface area contributed by atoms with Crippen molar-refractivity contribution < 1.29 is 14.6 Å². The van der Waals surface area contributed by atoms with Crippen LogP contribution >= 0.6 is 11.6 Å². The number of pyridine rings is 1. The molecule has 1 N–H and O–H groups in total. The number of rotatable bonds is 4. The Morgan fingerprint density at radius 2 is 2.17 bits per heavy atom. The summed E-state index contributed by atoms with van der Waals surface area (Å²) in [5.41, 5.74) is 1.39. The maximum Gasteiger partial charge on any atom is 0.228 e. The molecular formula is C22H24ClN3O3. The first-order valence-corrected chi connectivity index (χ1v) is 10.1. The number of carbonyl (C=O) groups excluding carboxylic acids is 1. The molecule has 4 rings (SSSR count). The maximum atomic E-state index is 13.0. The molecule has 1 aliphatic rings. The van der Waals surface area contributed by atoms with E-state index in [2.05, 4.69) is 4.98 Å². The fourth-order valence-corrected chi connectivity index (χ4v) is 4.07. The fraction of sp³-hybridized carbons (Fsp3) is 0.364. The van der Waals surface area contributed by atoms with Crippen molar-refractivity contribution in [3.63, 3.8) is 0 Å². The van der Waals surface area contributed by atoms with Gasteiger partial charge < -0.3 is 19.1 Å². The van der Waals surface area contributed by atoms with Gasteiger partial charge in [-0.05, 0) is 44.2 Å². The number of aromatic nitrogens is 2. The van der Waals surface area contributed by atoms with E-state index < -0.39 is 11.7 Å². The van der Waals surface area contributed by atoms with E-state index in [0.717, 1.165) is 17.0 Å². The first-order valence-electron chi connectivity index (χ1n) is 9.68. The van der Waals surface area contributed by atoms with Crippen LogP contribution in [0.3, 0.4) is 0 Å². The molecule has 1 aromatic carbocycles. The van der Waals surface area contributed by atoms with Gasteiger partial charge in [0.15, 0.2) is 0 Å². The average molecular weight is 414 g/mol. The molecule has 2 atom stereocenters. The van der Waals surface area contributed by atoms with Crippen molar-refractivity contribution in [1.29, 1.82) is 0 Å². The van der Waals surface area contributed by atoms with Gasteiger partial charge in [-0.2, -0.15) is 0 Å². The molecule has 1 fully saturated rings. The minimum absolute atomic E-state index is 0.0276. The molecule has 0 saturated carbocycles. The lowest BCUT2D eigenvalue weighted by atomic mass is 9.91. The third-order valence-electron chi connectivity index (χ3n) is 5.44. The molecular weight excluding hydrogens is 390 g/mol. The van der Waals surface area contributed by atoms with E-state index >= 15 is 0 Å². The summed E-state index contributed by atoms with van der Waals surface area (Å²) in [6.07, 6.45) is 2.28. The molecule has 0 unspecified atom stereocenters. The summed E-state index contributed by atoms with van der Waals surface area (Å²) >= 11 is 6.02. The van der Waals surface area contributed by atoms with Gasteiger partial charge in [-0.25, -0.2) is 4.98 Å². The molecule has 3 heterocycles. The molecule has 29 heavy (non-hydrogen) atoms. The summed E-state index contributed by atoms with van der Waals surface area (Å²) in [6.45, 7) is 4.36. The summed E-state index contributed by atoms with van der Waals surface area (Å²) in [4.78, 5) is 19.2. The first kappa shape index (κ1) is 19.7. The van der Waals surface area contributed by atoms with Crippen molar-refractivity contribution in [2.45, 2.75) is 38.4 Å². The molecule has 0 spiro atoms. The lowest BCUT2D eigenvalue weighted by molar-refractivity contribution is -0.145. The smallest absolute Gasteiger partial charge is 0.228 e. The van der Waals surface area contributed by atoms with Crippen LogP contribution in [0.15, 0.2) is 48.7 Å². The van der Waals surface area contributed by atoms with Gasteiger partial charge in [0.25, 0.3) is 0 Å².